The lowest BCUT2D eigenvalue weighted by molar-refractivity contribution is -0.0287. The van der Waals surface area contributed by atoms with Crippen LogP contribution in [0.1, 0.15) is 24.2 Å². The molecule has 0 saturated carbocycles. The van der Waals surface area contributed by atoms with Crippen molar-refractivity contribution in [3.05, 3.63) is 29.3 Å². The Hall–Kier alpha value is -1.06. The molecule has 2 atom stereocenters. The van der Waals surface area contributed by atoms with Gasteiger partial charge in [0.2, 0.25) is 0 Å². The lowest BCUT2D eigenvalue weighted by Crippen LogP contribution is -2.19. The summed E-state index contributed by atoms with van der Waals surface area (Å²) in [6.07, 6.45) is -0.336. The van der Waals surface area contributed by atoms with Gasteiger partial charge < -0.3 is 14.6 Å². The predicted molar refractivity (Wildman–Crippen MR) is 59.1 cm³/mol. The second-order valence-corrected chi connectivity index (χ2v) is 3.66. The third-order valence-electron chi connectivity index (χ3n) is 2.54. The zero-order valence-electron chi connectivity index (χ0n) is 9.65. The van der Waals surface area contributed by atoms with Crippen LogP contribution in [0.15, 0.2) is 18.2 Å². The summed E-state index contributed by atoms with van der Waals surface area (Å²) in [7, 11) is 3.24. The maximum atomic E-state index is 9.75. The van der Waals surface area contributed by atoms with E-state index in [4.69, 9.17) is 9.47 Å². The van der Waals surface area contributed by atoms with Gasteiger partial charge in [-0.25, -0.2) is 0 Å². The topological polar surface area (TPSA) is 38.7 Å². The Balaban J connectivity index is 3.05. The molecule has 15 heavy (non-hydrogen) atoms. The summed E-state index contributed by atoms with van der Waals surface area (Å²) in [5.74, 6) is 0.247. The van der Waals surface area contributed by atoms with Crippen molar-refractivity contribution in [1.82, 2.24) is 0 Å². The number of ether oxygens (including phenoxy) is 2. The van der Waals surface area contributed by atoms with E-state index in [1.807, 2.05) is 26.0 Å². The Kier molecular flexibility index (Phi) is 4.12. The number of rotatable bonds is 4. The molecule has 0 saturated heterocycles. The van der Waals surface area contributed by atoms with E-state index in [1.54, 1.807) is 20.3 Å². The molecule has 0 aliphatic carbocycles. The van der Waals surface area contributed by atoms with Gasteiger partial charge in [-0.3, -0.25) is 0 Å². The third kappa shape index (κ3) is 2.70. The minimum absolute atomic E-state index is 0.0947. The van der Waals surface area contributed by atoms with Crippen molar-refractivity contribution in [2.75, 3.05) is 14.2 Å². The van der Waals surface area contributed by atoms with Crippen molar-refractivity contribution >= 4 is 0 Å². The lowest BCUT2D eigenvalue weighted by atomic mass is 10.0. The van der Waals surface area contributed by atoms with Crippen molar-refractivity contribution in [3.63, 3.8) is 0 Å². The summed E-state index contributed by atoms with van der Waals surface area (Å²) in [6.45, 7) is 3.89. The van der Waals surface area contributed by atoms with Gasteiger partial charge in [-0.1, -0.05) is 11.6 Å². The number of methoxy groups -OCH3 is 2. The van der Waals surface area contributed by atoms with Crippen LogP contribution in [-0.2, 0) is 9.47 Å². The van der Waals surface area contributed by atoms with Crippen LogP contribution in [0.4, 0.5) is 0 Å². The fourth-order valence-corrected chi connectivity index (χ4v) is 1.60. The Morgan fingerprint density at radius 2 is 1.87 bits per heavy atom. The highest BCUT2D eigenvalue weighted by Crippen LogP contribution is 2.30. The van der Waals surface area contributed by atoms with Gasteiger partial charge in [0, 0.05) is 19.8 Å². The monoisotopic (exact) mass is 210 g/mol. The fraction of sp³-hybridized carbons (Fsp3) is 0.500. The molecule has 1 rings (SSSR count). The van der Waals surface area contributed by atoms with Gasteiger partial charge in [-0.2, -0.15) is 0 Å². The second kappa shape index (κ2) is 5.14. The van der Waals surface area contributed by atoms with Gasteiger partial charge in [0.25, 0.3) is 0 Å². The molecule has 0 aliphatic heterocycles. The van der Waals surface area contributed by atoms with Gasteiger partial charge in [0.15, 0.2) is 0 Å². The first-order valence-electron chi connectivity index (χ1n) is 4.95. The Morgan fingerprint density at radius 1 is 1.20 bits per heavy atom. The minimum atomic E-state index is -0.241. The highest BCUT2D eigenvalue weighted by atomic mass is 16.5. The summed E-state index contributed by atoms with van der Waals surface area (Å²) in [5, 5.41) is 9.75. The van der Waals surface area contributed by atoms with Gasteiger partial charge in [-0.15, -0.1) is 0 Å². The summed E-state index contributed by atoms with van der Waals surface area (Å²) in [4.78, 5) is 0. The van der Waals surface area contributed by atoms with Gasteiger partial charge >= 0.3 is 0 Å². The second-order valence-electron chi connectivity index (χ2n) is 3.66. The van der Waals surface area contributed by atoms with Crippen molar-refractivity contribution in [1.29, 1.82) is 0 Å². The van der Waals surface area contributed by atoms with Gasteiger partial charge in [0.1, 0.15) is 11.9 Å². The smallest absolute Gasteiger partial charge is 0.121 e. The maximum absolute atomic E-state index is 9.75. The summed E-state index contributed by atoms with van der Waals surface area (Å²) >= 11 is 0. The fourth-order valence-electron chi connectivity index (χ4n) is 1.60. The lowest BCUT2D eigenvalue weighted by Gasteiger charge is -2.22. The Bertz CT molecular complexity index is 323. The first-order chi connectivity index (χ1) is 7.10. The number of aryl methyl sites for hydroxylation is 1. The highest BCUT2D eigenvalue weighted by molar-refractivity contribution is 5.37. The van der Waals surface area contributed by atoms with Crippen molar-refractivity contribution in [2.24, 2.45) is 0 Å². The van der Waals surface area contributed by atoms with Gasteiger partial charge in [0.05, 0.1) is 6.10 Å². The van der Waals surface area contributed by atoms with Crippen LogP contribution in [0.25, 0.3) is 0 Å². The van der Waals surface area contributed by atoms with Crippen LogP contribution < -0.4 is 0 Å². The average Bonchev–Trinajstić information content (AvgIpc) is 2.23. The number of hydrogen-bond acceptors (Lipinski definition) is 3. The van der Waals surface area contributed by atoms with Crippen molar-refractivity contribution < 1.29 is 14.6 Å². The number of phenols is 1. The molecule has 0 unspecified atom stereocenters. The van der Waals surface area contributed by atoms with Crippen LogP contribution >= 0.6 is 0 Å². The van der Waals surface area contributed by atoms with E-state index in [9.17, 15) is 5.11 Å². The summed E-state index contributed by atoms with van der Waals surface area (Å²) in [6, 6.07) is 5.46. The van der Waals surface area contributed by atoms with E-state index in [0.29, 0.717) is 0 Å². The van der Waals surface area contributed by atoms with E-state index in [1.165, 1.54) is 0 Å². The molecule has 3 heteroatoms. The average molecular weight is 210 g/mol. The van der Waals surface area contributed by atoms with Crippen LogP contribution in [0.2, 0.25) is 0 Å². The van der Waals surface area contributed by atoms with Gasteiger partial charge in [-0.05, 0) is 26.0 Å². The van der Waals surface area contributed by atoms with Crippen LogP contribution in [-0.4, -0.2) is 25.4 Å². The zero-order valence-corrected chi connectivity index (χ0v) is 9.65. The molecule has 1 N–H and O–H groups in total. The van der Waals surface area contributed by atoms with Crippen molar-refractivity contribution in [3.8, 4) is 5.75 Å². The largest absolute Gasteiger partial charge is 0.508 e. The number of benzene rings is 1. The molecule has 3 nitrogen and oxygen atoms in total. The van der Waals surface area contributed by atoms with Crippen LogP contribution in [0.3, 0.4) is 0 Å². The molecule has 0 aliphatic rings. The SMILES string of the molecule is CO[C@H](c1cc(C)ccc1O)[C@@H](C)OC. The summed E-state index contributed by atoms with van der Waals surface area (Å²) in [5.41, 5.74) is 1.86. The van der Waals surface area contributed by atoms with Crippen LogP contribution in [0, 0.1) is 6.92 Å². The molecule has 1 aromatic carbocycles. The van der Waals surface area contributed by atoms with Crippen LogP contribution in [0.5, 0.6) is 5.75 Å². The molecule has 1 aromatic rings. The molecular weight excluding hydrogens is 192 g/mol. The molecule has 0 fully saturated rings. The molecule has 0 amide bonds. The van der Waals surface area contributed by atoms with E-state index < -0.39 is 0 Å². The Labute approximate surface area is 90.6 Å². The molecule has 0 spiro atoms. The van der Waals surface area contributed by atoms with E-state index in [0.717, 1.165) is 11.1 Å². The number of hydrogen-bond donors (Lipinski definition) is 1. The first kappa shape index (κ1) is 12.0. The molecule has 84 valence electrons. The molecule has 0 heterocycles. The molecule has 0 aromatic heterocycles. The molecule has 0 bridgehead atoms. The molecule has 0 radical (unpaired) electrons. The molecular formula is C12H18O3. The highest BCUT2D eigenvalue weighted by Gasteiger charge is 2.21. The first-order valence-corrected chi connectivity index (χ1v) is 4.95. The quantitative estimate of drug-likeness (QED) is 0.829. The van der Waals surface area contributed by atoms with E-state index >= 15 is 0 Å². The maximum Gasteiger partial charge on any atom is 0.121 e. The van der Waals surface area contributed by atoms with E-state index in [2.05, 4.69) is 0 Å². The normalized spacial score (nSPS) is 14.9. The zero-order chi connectivity index (χ0) is 11.4. The predicted octanol–water partition coefficient (Wildman–Crippen LogP) is 2.42. The standard InChI is InChI=1S/C12H18O3/c1-8-5-6-11(13)10(7-8)12(15-4)9(2)14-3/h5-7,9,12-13H,1-4H3/t9-,12+/m1/s1. The van der Waals surface area contributed by atoms with Crippen molar-refractivity contribution in [2.45, 2.75) is 26.1 Å². The number of phenolic OH excluding ortho intramolecular Hbond substituents is 1. The third-order valence-corrected chi connectivity index (χ3v) is 2.54. The minimum Gasteiger partial charge on any atom is -0.508 e. The van der Waals surface area contributed by atoms with E-state index in [-0.39, 0.29) is 18.0 Å². The number of aromatic hydroxyl groups is 1. The summed E-state index contributed by atoms with van der Waals surface area (Å²) < 4.78 is 10.6. The Morgan fingerprint density at radius 3 is 2.40 bits per heavy atom.